The molecule has 0 bridgehead atoms. The van der Waals surface area contributed by atoms with Crippen molar-refractivity contribution in [2.24, 2.45) is 0 Å². The van der Waals surface area contributed by atoms with Gasteiger partial charge in [0.25, 0.3) is 10.0 Å². The van der Waals surface area contributed by atoms with Crippen molar-refractivity contribution in [2.75, 3.05) is 10.5 Å². The zero-order chi connectivity index (χ0) is 14.9. The fourth-order valence-electron chi connectivity index (χ4n) is 1.34. The standard InChI is InChI=1S/C10H7BrClFN4O2S/c11-6-3-5(14)4-7(10(6)13)20(18,19)17-9-2-1-8(12)15-16-9/h1-4H,14H2,(H,16,17). The lowest BCUT2D eigenvalue weighted by Gasteiger charge is -2.09. The molecule has 1 aromatic carbocycles. The molecule has 0 unspecified atom stereocenters. The summed E-state index contributed by atoms with van der Waals surface area (Å²) in [7, 11) is -4.18. The second kappa shape index (κ2) is 5.51. The van der Waals surface area contributed by atoms with E-state index >= 15 is 0 Å². The van der Waals surface area contributed by atoms with Crippen molar-refractivity contribution in [1.29, 1.82) is 0 Å². The lowest BCUT2D eigenvalue weighted by atomic mass is 10.3. The van der Waals surface area contributed by atoms with Crippen LogP contribution in [-0.2, 0) is 10.0 Å². The third kappa shape index (κ3) is 3.17. The highest BCUT2D eigenvalue weighted by molar-refractivity contribution is 9.10. The molecule has 0 saturated heterocycles. The third-order valence-corrected chi connectivity index (χ3v) is 4.31. The molecular weight excluding hydrogens is 375 g/mol. The van der Waals surface area contributed by atoms with Gasteiger partial charge in [-0.3, -0.25) is 4.72 Å². The molecule has 0 saturated carbocycles. The SMILES string of the molecule is Nc1cc(Br)c(F)c(S(=O)(=O)Nc2ccc(Cl)nn2)c1. The largest absolute Gasteiger partial charge is 0.399 e. The Bertz CT molecular complexity index is 755. The fourth-order valence-corrected chi connectivity index (χ4v) is 3.18. The second-order valence-electron chi connectivity index (χ2n) is 3.66. The Kier molecular flexibility index (Phi) is 4.11. The van der Waals surface area contributed by atoms with Gasteiger partial charge in [-0.1, -0.05) is 11.6 Å². The number of rotatable bonds is 3. The molecule has 1 heterocycles. The van der Waals surface area contributed by atoms with Gasteiger partial charge in [0.2, 0.25) is 0 Å². The molecular formula is C10H7BrClFN4O2S. The van der Waals surface area contributed by atoms with E-state index in [1.165, 1.54) is 18.2 Å². The highest BCUT2D eigenvalue weighted by Gasteiger charge is 2.22. The Hall–Kier alpha value is -1.45. The van der Waals surface area contributed by atoms with E-state index in [2.05, 4.69) is 30.8 Å². The van der Waals surface area contributed by atoms with Gasteiger partial charge in [0.15, 0.2) is 16.8 Å². The minimum Gasteiger partial charge on any atom is -0.399 e. The minimum atomic E-state index is -4.18. The van der Waals surface area contributed by atoms with Crippen LogP contribution >= 0.6 is 27.5 Å². The summed E-state index contributed by atoms with van der Waals surface area (Å²) in [5.74, 6) is -1.04. The summed E-state index contributed by atoms with van der Waals surface area (Å²) in [6.45, 7) is 0. The number of nitrogens with two attached hydrogens (primary N) is 1. The molecule has 0 fully saturated rings. The first-order valence-electron chi connectivity index (χ1n) is 5.06. The molecule has 2 rings (SSSR count). The highest BCUT2D eigenvalue weighted by Crippen LogP contribution is 2.27. The molecule has 0 radical (unpaired) electrons. The number of hydrogen-bond acceptors (Lipinski definition) is 5. The molecule has 20 heavy (non-hydrogen) atoms. The molecule has 3 N–H and O–H groups in total. The second-order valence-corrected chi connectivity index (χ2v) is 6.55. The van der Waals surface area contributed by atoms with Crippen molar-refractivity contribution in [1.82, 2.24) is 10.2 Å². The van der Waals surface area contributed by atoms with Crippen molar-refractivity contribution < 1.29 is 12.8 Å². The van der Waals surface area contributed by atoms with E-state index in [4.69, 9.17) is 17.3 Å². The van der Waals surface area contributed by atoms with Crippen LogP contribution in [0.3, 0.4) is 0 Å². The maximum atomic E-state index is 13.9. The Morgan fingerprint density at radius 2 is 2.00 bits per heavy atom. The Morgan fingerprint density at radius 3 is 2.60 bits per heavy atom. The van der Waals surface area contributed by atoms with Gasteiger partial charge in [0.05, 0.1) is 4.47 Å². The van der Waals surface area contributed by atoms with E-state index < -0.39 is 20.7 Å². The number of nitrogen functional groups attached to an aromatic ring is 1. The van der Waals surface area contributed by atoms with Gasteiger partial charge in [-0.05, 0) is 40.2 Å². The van der Waals surface area contributed by atoms with Gasteiger partial charge in [0, 0.05) is 5.69 Å². The van der Waals surface area contributed by atoms with Crippen LogP contribution in [0, 0.1) is 5.82 Å². The predicted molar refractivity (Wildman–Crippen MR) is 76.4 cm³/mol. The molecule has 0 aliphatic carbocycles. The molecule has 0 amide bonds. The zero-order valence-corrected chi connectivity index (χ0v) is 12.8. The number of nitrogens with zero attached hydrogens (tertiary/aromatic N) is 2. The van der Waals surface area contributed by atoms with Crippen molar-refractivity contribution in [3.05, 3.63) is 39.7 Å². The first-order valence-corrected chi connectivity index (χ1v) is 7.71. The van der Waals surface area contributed by atoms with Crippen LogP contribution in [0.15, 0.2) is 33.6 Å². The van der Waals surface area contributed by atoms with Gasteiger partial charge in [-0.25, -0.2) is 12.8 Å². The highest BCUT2D eigenvalue weighted by atomic mass is 79.9. The van der Waals surface area contributed by atoms with Gasteiger partial charge < -0.3 is 5.73 Å². The van der Waals surface area contributed by atoms with Crippen molar-refractivity contribution in [3.63, 3.8) is 0 Å². The van der Waals surface area contributed by atoms with E-state index in [0.29, 0.717) is 0 Å². The van der Waals surface area contributed by atoms with Crippen LogP contribution in [0.25, 0.3) is 0 Å². The maximum Gasteiger partial charge on any atom is 0.266 e. The van der Waals surface area contributed by atoms with E-state index in [-0.39, 0.29) is 21.1 Å². The summed E-state index contributed by atoms with van der Waals surface area (Å²) in [6.07, 6.45) is 0. The Balaban J connectivity index is 2.43. The predicted octanol–water partition coefficient (Wildman–Crippen LogP) is 2.41. The number of anilines is 2. The summed E-state index contributed by atoms with van der Waals surface area (Å²) in [6, 6.07) is 4.91. The monoisotopic (exact) mass is 380 g/mol. The summed E-state index contributed by atoms with van der Waals surface area (Å²) in [5, 5.41) is 7.10. The molecule has 1 aromatic heterocycles. The number of sulfonamides is 1. The zero-order valence-electron chi connectivity index (χ0n) is 9.64. The average Bonchev–Trinajstić information content (AvgIpc) is 2.36. The lowest BCUT2D eigenvalue weighted by molar-refractivity contribution is 0.566. The first kappa shape index (κ1) is 14.9. The van der Waals surface area contributed by atoms with E-state index in [1.54, 1.807) is 0 Å². The average molecular weight is 382 g/mol. The maximum absolute atomic E-state index is 13.9. The molecule has 6 nitrogen and oxygen atoms in total. The fraction of sp³-hybridized carbons (Fsp3) is 0. The number of benzene rings is 1. The van der Waals surface area contributed by atoms with Gasteiger partial charge >= 0.3 is 0 Å². The van der Waals surface area contributed by atoms with Crippen molar-refractivity contribution in [2.45, 2.75) is 4.90 Å². The van der Waals surface area contributed by atoms with Crippen molar-refractivity contribution >= 4 is 49.1 Å². The van der Waals surface area contributed by atoms with Gasteiger partial charge in [-0.2, -0.15) is 0 Å². The third-order valence-electron chi connectivity index (χ3n) is 2.18. The Morgan fingerprint density at radius 1 is 1.30 bits per heavy atom. The first-order chi connectivity index (χ1) is 9.29. The van der Waals surface area contributed by atoms with Crippen LogP contribution in [0.4, 0.5) is 15.9 Å². The van der Waals surface area contributed by atoms with E-state index in [1.807, 2.05) is 0 Å². The number of nitrogens with one attached hydrogen (secondary N) is 1. The number of aromatic nitrogens is 2. The summed E-state index contributed by atoms with van der Waals surface area (Å²) in [5.41, 5.74) is 5.60. The molecule has 106 valence electrons. The van der Waals surface area contributed by atoms with Gasteiger partial charge in [0.1, 0.15) is 4.90 Å². The quantitative estimate of drug-likeness (QED) is 0.796. The number of hydrogen-bond donors (Lipinski definition) is 2. The van der Waals surface area contributed by atoms with Crippen molar-refractivity contribution in [3.8, 4) is 0 Å². The lowest BCUT2D eigenvalue weighted by Crippen LogP contribution is -2.16. The summed E-state index contributed by atoms with van der Waals surface area (Å²) < 4.78 is 40.1. The van der Waals surface area contributed by atoms with Crippen LogP contribution in [0.2, 0.25) is 5.15 Å². The smallest absolute Gasteiger partial charge is 0.266 e. The van der Waals surface area contributed by atoms with Crippen LogP contribution < -0.4 is 10.5 Å². The molecule has 10 heteroatoms. The Labute approximate surface area is 127 Å². The topological polar surface area (TPSA) is 98.0 Å². The molecule has 0 spiro atoms. The molecule has 2 aromatic rings. The van der Waals surface area contributed by atoms with E-state index in [0.717, 1.165) is 6.07 Å². The number of halogens is 3. The molecule has 0 aliphatic heterocycles. The minimum absolute atomic E-state index is 0.0555. The van der Waals surface area contributed by atoms with Crippen LogP contribution in [0.5, 0.6) is 0 Å². The summed E-state index contributed by atoms with van der Waals surface area (Å²) in [4.78, 5) is -0.596. The van der Waals surface area contributed by atoms with Gasteiger partial charge in [-0.15, -0.1) is 10.2 Å². The molecule has 0 atom stereocenters. The van der Waals surface area contributed by atoms with E-state index in [9.17, 15) is 12.8 Å². The molecule has 0 aliphatic rings. The summed E-state index contributed by atoms with van der Waals surface area (Å²) >= 11 is 8.42. The van der Waals surface area contributed by atoms with Crippen LogP contribution in [0.1, 0.15) is 0 Å². The normalized spacial score (nSPS) is 11.3. The van der Waals surface area contributed by atoms with Crippen LogP contribution in [-0.4, -0.2) is 18.6 Å².